The second-order valence-corrected chi connectivity index (χ2v) is 12.0. The zero-order valence-electron chi connectivity index (χ0n) is 24.9. The maximum Gasteiger partial charge on any atom is 0.311 e. The number of carbonyl (C=O) groups is 1. The van der Waals surface area contributed by atoms with Crippen molar-refractivity contribution in [2.24, 2.45) is 5.92 Å². The van der Waals surface area contributed by atoms with Gasteiger partial charge in [0, 0.05) is 6.42 Å². The lowest BCUT2D eigenvalue weighted by molar-refractivity contribution is -0.134. The Morgan fingerprint density at radius 2 is 1.84 bits per heavy atom. The van der Waals surface area contributed by atoms with Crippen molar-refractivity contribution in [1.29, 1.82) is 0 Å². The van der Waals surface area contributed by atoms with Crippen molar-refractivity contribution >= 4 is 11.5 Å². The first-order valence-electron chi connectivity index (χ1n) is 15.2. The molecule has 2 aliphatic rings. The molecule has 1 aromatic carbocycles. The first-order valence-corrected chi connectivity index (χ1v) is 15.2. The number of benzene rings is 1. The van der Waals surface area contributed by atoms with Crippen LogP contribution in [-0.4, -0.2) is 36.1 Å². The molecule has 0 bridgehead atoms. The van der Waals surface area contributed by atoms with Gasteiger partial charge in [-0.25, -0.2) is 0 Å². The number of hydrogen-bond acceptors (Lipinski definition) is 4. The molecule has 1 heterocycles. The Morgan fingerprint density at radius 3 is 2.54 bits per heavy atom. The molecule has 4 heteroatoms. The summed E-state index contributed by atoms with van der Waals surface area (Å²) < 4.78 is 12.9. The highest BCUT2D eigenvalue weighted by Crippen LogP contribution is 2.52. The molecule has 0 spiro atoms. The summed E-state index contributed by atoms with van der Waals surface area (Å²) in [5, 5.41) is 0. The van der Waals surface area contributed by atoms with Crippen LogP contribution in [0.25, 0.3) is 5.57 Å². The van der Waals surface area contributed by atoms with Crippen molar-refractivity contribution < 1.29 is 14.3 Å². The number of ether oxygens (including phenoxy) is 2. The third-order valence-corrected chi connectivity index (χ3v) is 8.57. The van der Waals surface area contributed by atoms with Crippen LogP contribution < -0.4 is 9.47 Å². The SMILES string of the molecule is CCCCCCC[C@@H](C)c1cc(OC(=O)CCCN(CC)CC)c2c(c1)OC(C)(C)C1=C2C[C@H](C)CC1. The van der Waals surface area contributed by atoms with Crippen molar-refractivity contribution in [3.8, 4) is 11.5 Å². The molecule has 0 saturated heterocycles. The standard InChI is InChI=1S/C33H53NO3/c1-8-11-12-13-14-16-25(5)26-22-29(36-31(35)17-15-20-34(9-2)10-3)32-27-21-24(4)18-19-28(27)33(6,7)37-30(32)23-26/h22-25H,8-21H2,1-7H3/t24-,25-/m1/s1. The number of esters is 1. The van der Waals surface area contributed by atoms with Crippen LogP contribution in [0.5, 0.6) is 11.5 Å². The van der Waals surface area contributed by atoms with E-state index in [2.05, 4.69) is 65.5 Å². The molecule has 0 saturated carbocycles. The van der Waals surface area contributed by atoms with Crippen molar-refractivity contribution in [2.45, 2.75) is 131 Å². The van der Waals surface area contributed by atoms with Crippen LogP contribution in [0, 0.1) is 5.92 Å². The minimum absolute atomic E-state index is 0.130. The monoisotopic (exact) mass is 511 g/mol. The largest absolute Gasteiger partial charge is 0.483 e. The van der Waals surface area contributed by atoms with Crippen LogP contribution in [0.3, 0.4) is 0 Å². The number of carbonyl (C=O) groups excluding carboxylic acids is 1. The summed E-state index contributed by atoms with van der Waals surface area (Å²) in [5.74, 6) is 2.52. The molecule has 0 unspecified atom stereocenters. The molecule has 0 fully saturated rings. The highest BCUT2D eigenvalue weighted by atomic mass is 16.5. The van der Waals surface area contributed by atoms with Crippen LogP contribution in [0.1, 0.15) is 136 Å². The van der Waals surface area contributed by atoms with Crippen molar-refractivity contribution in [3.63, 3.8) is 0 Å². The zero-order chi connectivity index (χ0) is 27.0. The Balaban J connectivity index is 1.88. The lowest BCUT2D eigenvalue weighted by Crippen LogP contribution is -2.37. The quantitative estimate of drug-likeness (QED) is 0.142. The predicted octanol–water partition coefficient (Wildman–Crippen LogP) is 8.92. The number of unbranched alkanes of at least 4 members (excludes halogenated alkanes) is 4. The number of nitrogens with zero attached hydrogens (tertiary/aromatic N) is 1. The van der Waals surface area contributed by atoms with E-state index in [-0.39, 0.29) is 11.6 Å². The van der Waals surface area contributed by atoms with Crippen LogP contribution in [0.4, 0.5) is 0 Å². The Morgan fingerprint density at radius 1 is 1.11 bits per heavy atom. The summed E-state index contributed by atoms with van der Waals surface area (Å²) >= 11 is 0. The molecule has 4 nitrogen and oxygen atoms in total. The molecular weight excluding hydrogens is 458 g/mol. The second-order valence-electron chi connectivity index (χ2n) is 12.0. The van der Waals surface area contributed by atoms with E-state index in [9.17, 15) is 4.79 Å². The topological polar surface area (TPSA) is 38.8 Å². The number of allylic oxidation sites excluding steroid dienone is 1. The van der Waals surface area contributed by atoms with E-state index in [0.717, 1.165) is 62.4 Å². The van der Waals surface area contributed by atoms with Crippen LogP contribution in [0.15, 0.2) is 17.7 Å². The fourth-order valence-corrected chi connectivity index (χ4v) is 6.10. The molecule has 208 valence electrons. The summed E-state index contributed by atoms with van der Waals surface area (Å²) in [6.45, 7) is 18.6. The Labute approximate surface area is 227 Å². The van der Waals surface area contributed by atoms with E-state index >= 15 is 0 Å². The van der Waals surface area contributed by atoms with Gasteiger partial charge in [0.2, 0.25) is 0 Å². The summed E-state index contributed by atoms with van der Waals surface area (Å²) in [7, 11) is 0. The summed E-state index contributed by atoms with van der Waals surface area (Å²) in [6.07, 6.45) is 12.1. The molecule has 1 aliphatic heterocycles. The Bertz CT molecular complexity index is 928. The van der Waals surface area contributed by atoms with Gasteiger partial charge in [0.1, 0.15) is 17.1 Å². The first-order chi connectivity index (χ1) is 17.7. The van der Waals surface area contributed by atoms with Gasteiger partial charge < -0.3 is 14.4 Å². The van der Waals surface area contributed by atoms with Gasteiger partial charge in [-0.2, -0.15) is 0 Å². The van der Waals surface area contributed by atoms with E-state index in [0.29, 0.717) is 18.3 Å². The van der Waals surface area contributed by atoms with Gasteiger partial charge in [0.15, 0.2) is 0 Å². The fourth-order valence-electron chi connectivity index (χ4n) is 6.10. The highest BCUT2D eigenvalue weighted by Gasteiger charge is 2.39. The minimum atomic E-state index is -0.324. The maximum absolute atomic E-state index is 13.1. The molecular formula is C33H53NO3. The van der Waals surface area contributed by atoms with Crippen molar-refractivity contribution in [3.05, 3.63) is 28.8 Å². The van der Waals surface area contributed by atoms with Gasteiger partial charge in [-0.15, -0.1) is 0 Å². The molecule has 2 atom stereocenters. The Kier molecular flexibility index (Phi) is 11.1. The number of rotatable bonds is 14. The number of fused-ring (bicyclic) bond motifs is 2. The van der Waals surface area contributed by atoms with E-state index in [1.54, 1.807) is 0 Å². The van der Waals surface area contributed by atoms with E-state index < -0.39 is 0 Å². The number of hydrogen-bond donors (Lipinski definition) is 0. The first kappa shape index (κ1) is 29.7. The van der Waals surface area contributed by atoms with E-state index in [1.165, 1.54) is 55.2 Å². The summed E-state index contributed by atoms with van der Waals surface area (Å²) in [4.78, 5) is 15.4. The van der Waals surface area contributed by atoms with E-state index in [1.807, 2.05) is 0 Å². The van der Waals surface area contributed by atoms with Gasteiger partial charge in [-0.3, -0.25) is 4.79 Å². The Hall–Kier alpha value is -1.81. The van der Waals surface area contributed by atoms with Crippen LogP contribution >= 0.6 is 0 Å². The van der Waals surface area contributed by atoms with Crippen LogP contribution in [-0.2, 0) is 4.79 Å². The molecule has 0 amide bonds. The molecule has 37 heavy (non-hydrogen) atoms. The van der Waals surface area contributed by atoms with Crippen molar-refractivity contribution in [2.75, 3.05) is 19.6 Å². The normalized spacial score (nSPS) is 19.3. The van der Waals surface area contributed by atoms with Gasteiger partial charge >= 0.3 is 5.97 Å². The third kappa shape index (κ3) is 7.85. The van der Waals surface area contributed by atoms with E-state index in [4.69, 9.17) is 9.47 Å². The average molecular weight is 512 g/mol. The molecule has 1 aromatic rings. The lowest BCUT2D eigenvalue weighted by atomic mass is 9.74. The van der Waals surface area contributed by atoms with Gasteiger partial charge in [-0.05, 0) is 106 Å². The van der Waals surface area contributed by atoms with Crippen molar-refractivity contribution in [1.82, 2.24) is 4.90 Å². The smallest absolute Gasteiger partial charge is 0.311 e. The third-order valence-electron chi connectivity index (χ3n) is 8.57. The average Bonchev–Trinajstić information content (AvgIpc) is 2.85. The van der Waals surface area contributed by atoms with Gasteiger partial charge in [0.25, 0.3) is 0 Å². The molecule has 0 N–H and O–H groups in total. The lowest BCUT2D eigenvalue weighted by Gasteiger charge is -2.41. The maximum atomic E-state index is 13.1. The van der Waals surface area contributed by atoms with Gasteiger partial charge in [0.05, 0.1) is 5.56 Å². The summed E-state index contributed by atoms with van der Waals surface area (Å²) in [6, 6.07) is 4.40. The van der Waals surface area contributed by atoms with Crippen LogP contribution in [0.2, 0.25) is 0 Å². The van der Waals surface area contributed by atoms with Gasteiger partial charge in [-0.1, -0.05) is 66.7 Å². The molecule has 3 rings (SSSR count). The summed E-state index contributed by atoms with van der Waals surface area (Å²) in [5.41, 5.74) is 4.68. The highest BCUT2D eigenvalue weighted by molar-refractivity contribution is 5.84. The molecule has 0 radical (unpaired) electrons. The fraction of sp³-hybridized carbons (Fsp3) is 0.727. The predicted molar refractivity (Wildman–Crippen MR) is 156 cm³/mol. The molecule has 0 aromatic heterocycles. The zero-order valence-corrected chi connectivity index (χ0v) is 24.9. The molecule has 1 aliphatic carbocycles. The minimum Gasteiger partial charge on any atom is -0.483 e. The second kappa shape index (κ2) is 13.8.